The zero-order chi connectivity index (χ0) is 21.5. The molecule has 0 saturated heterocycles. The summed E-state index contributed by atoms with van der Waals surface area (Å²) >= 11 is 0. The van der Waals surface area contributed by atoms with Crippen LogP contribution >= 0.6 is 0 Å². The SMILES string of the molecule is CC(=O)c1ccc(OCC(=O)Nc2ccccc2C(=O)Nc2cccc(C)c2)cc1. The minimum Gasteiger partial charge on any atom is -0.484 e. The van der Waals surface area contributed by atoms with Crippen molar-refractivity contribution < 1.29 is 19.1 Å². The van der Waals surface area contributed by atoms with E-state index in [1.807, 2.05) is 25.1 Å². The van der Waals surface area contributed by atoms with Gasteiger partial charge in [0.25, 0.3) is 11.8 Å². The van der Waals surface area contributed by atoms with Gasteiger partial charge in [0.15, 0.2) is 12.4 Å². The molecule has 0 atom stereocenters. The van der Waals surface area contributed by atoms with Crippen molar-refractivity contribution in [2.24, 2.45) is 0 Å². The van der Waals surface area contributed by atoms with E-state index in [1.165, 1.54) is 6.92 Å². The molecule has 0 spiro atoms. The van der Waals surface area contributed by atoms with E-state index in [2.05, 4.69) is 10.6 Å². The van der Waals surface area contributed by atoms with E-state index in [9.17, 15) is 14.4 Å². The standard InChI is InChI=1S/C24H22N2O4/c1-16-6-5-7-19(14-16)25-24(29)21-8-3-4-9-22(21)26-23(28)15-30-20-12-10-18(11-13-20)17(2)27/h3-14H,15H2,1-2H3,(H,25,29)(H,26,28). The second-order valence-corrected chi connectivity index (χ2v) is 6.79. The Morgan fingerprint density at radius 1 is 0.867 bits per heavy atom. The minimum absolute atomic E-state index is 0.0418. The highest BCUT2D eigenvalue weighted by atomic mass is 16.5. The number of ether oxygens (including phenoxy) is 1. The molecule has 0 unspecified atom stereocenters. The minimum atomic E-state index is -0.401. The highest BCUT2D eigenvalue weighted by Crippen LogP contribution is 2.18. The van der Waals surface area contributed by atoms with Crippen molar-refractivity contribution in [2.75, 3.05) is 17.2 Å². The fourth-order valence-corrected chi connectivity index (χ4v) is 2.83. The monoisotopic (exact) mass is 402 g/mol. The van der Waals surface area contributed by atoms with E-state index < -0.39 is 5.91 Å². The van der Waals surface area contributed by atoms with Gasteiger partial charge in [-0.15, -0.1) is 0 Å². The van der Waals surface area contributed by atoms with Crippen molar-refractivity contribution in [1.82, 2.24) is 0 Å². The van der Waals surface area contributed by atoms with Gasteiger partial charge in [-0.05, 0) is 67.9 Å². The fraction of sp³-hybridized carbons (Fsp3) is 0.125. The highest BCUT2D eigenvalue weighted by Gasteiger charge is 2.14. The lowest BCUT2D eigenvalue weighted by atomic mass is 10.1. The van der Waals surface area contributed by atoms with Crippen LogP contribution in [-0.4, -0.2) is 24.2 Å². The third-order valence-corrected chi connectivity index (χ3v) is 4.35. The molecule has 3 aromatic rings. The van der Waals surface area contributed by atoms with Gasteiger partial charge in [0.1, 0.15) is 5.75 Å². The fourth-order valence-electron chi connectivity index (χ4n) is 2.83. The molecule has 6 heteroatoms. The van der Waals surface area contributed by atoms with Crippen LogP contribution in [0, 0.1) is 6.92 Å². The third kappa shape index (κ3) is 5.54. The summed E-state index contributed by atoms with van der Waals surface area (Å²) in [6, 6.07) is 20.8. The van der Waals surface area contributed by atoms with Gasteiger partial charge in [-0.25, -0.2) is 0 Å². The Bertz CT molecular complexity index is 1070. The van der Waals surface area contributed by atoms with Crippen molar-refractivity contribution in [1.29, 1.82) is 0 Å². The maximum absolute atomic E-state index is 12.7. The number of hydrogen-bond donors (Lipinski definition) is 2. The number of nitrogens with one attached hydrogen (secondary N) is 2. The van der Waals surface area contributed by atoms with Crippen LogP contribution in [0.2, 0.25) is 0 Å². The Kier molecular flexibility index (Phi) is 6.60. The molecule has 0 fully saturated rings. The molecule has 0 aliphatic carbocycles. The Hall–Kier alpha value is -3.93. The summed E-state index contributed by atoms with van der Waals surface area (Å²) in [7, 11) is 0. The van der Waals surface area contributed by atoms with Crippen LogP contribution in [0.15, 0.2) is 72.8 Å². The molecule has 152 valence electrons. The van der Waals surface area contributed by atoms with Crippen LogP contribution in [0.25, 0.3) is 0 Å². The van der Waals surface area contributed by atoms with Gasteiger partial charge in [-0.3, -0.25) is 14.4 Å². The van der Waals surface area contributed by atoms with E-state index in [1.54, 1.807) is 54.6 Å². The number of carbonyl (C=O) groups excluding carboxylic acids is 3. The van der Waals surface area contributed by atoms with Crippen molar-refractivity contribution in [3.8, 4) is 5.75 Å². The first-order valence-corrected chi connectivity index (χ1v) is 9.43. The largest absolute Gasteiger partial charge is 0.484 e. The summed E-state index contributed by atoms with van der Waals surface area (Å²) in [5.74, 6) is -0.292. The first-order valence-electron chi connectivity index (χ1n) is 9.43. The van der Waals surface area contributed by atoms with Crippen LogP contribution in [0.5, 0.6) is 5.75 Å². The number of carbonyl (C=O) groups is 3. The molecule has 0 aromatic heterocycles. The van der Waals surface area contributed by atoms with Gasteiger partial charge in [0.05, 0.1) is 11.3 Å². The van der Waals surface area contributed by atoms with E-state index in [0.29, 0.717) is 28.3 Å². The van der Waals surface area contributed by atoms with Crippen molar-refractivity contribution in [2.45, 2.75) is 13.8 Å². The van der Waals surface area contributed by atoms with Gasteiger partial charge in [0, 0.05) is 11.3 Å². The lowest BCUT2D eigenvalue weighted by molar-refractivity contribution is -0.118. The lowest BCUT2D eigenvalue weighted by Crippen LogP contribution is -2.22. The first-order chi connectivity index (χ1) is 14.4. The number of aryl methyl sites for hydroxylation is 1. The molecule has 0 bridgehead atoms. The van der Waals surface area contributed by atoms with Crippen molar-refractivity contribution in [3.05, 3.63) is 89.5 Å². The van der Waals surface area contributed by atoms with Crippen molar-refractivity contribution in [3.63, 3.8) is 0 Å². The van der Waals surface area contributed by atoms with Crippen LogP contribution < -0.4 is 15.4 Å². The highest BCUT2D eigenvalue weighted by molar-refractivity contribution is 6.10. The van der Waals surface area contributed by atoms with Gasteiger partial charge < -0.3 is 15.4 Å². The normalized spacial score (nSPS) is 10.2. The summed E-state index contributed by atoms with van der Waals surface area (Å²) in [4.78, 5) is 36.3. The number of rotatable bonds is 7. The molecular weight excluding hydrogens is 380 g/mol. The summed E-state index contributed by atoms with van der Waals surface area (Å²) in [6.07, 6.45) is 0. The molecular formula is C24H22N2O4. The van der Waals surface area contributed by atoms with Gasteiger partial charge in [-0.1, -0.05) is 24.3 Å². The molecule has 3 aromatic carbocycles. The topological polar surface area (TPSA) is 84.5 Å². The average molecular weight is 402 g/mol. The Morgan fingerprint density at radius 2 is 1.60 bits per heavy atom. The number of benzene rings is 3. The summed E-state index contributed by atoms with van der Waals surface area (Å²) in [5, 5.41) is 5.55. The van der Waals surface area contributed by atoms with E-state index >= 15 is 0 Å². The number of anilines is 2. The third-order valence-electron chi connectivity index (χ3n) is 4.35. The molecule has 3 rings (SSSR count). The molecule has 30 heavy (non-hydrogen) atoms. The van der Waals surface area contributed by atoms with Gasteiger partial charge in [-0.2, -0.15) is 0 Å². The van der Waals surface area contributed by atoms with Crippen LogP contribution in [0.4, 0.5) is 11.4 Å². The maximum Gasteiger partial charge on any atom is 0.262 e. The zero-order valence-corrected chi connectivity index (χ0v) is 16.8. The Morgan fingerprint density at radius 3 is 2.30 bits per heavy atom. The molecule has 0 radical (unpaired) electrons. The van der Waals surface area contributed by atoms with Gasteiger partial charge in [0.2, 0.25) is 0 Å². The Labute approximate surface area is 174 Å². The van der Waals surface area contributed by atoms with Crippen LogP contribution in [-0.2, 0) is 4.79 Å². The number of hydrogen-bond acceptors (Lipinski definition) is 4. The predicted molar refractivity (Wildman–Crippen MR) is 116 cm³/mol. The van der Waals surface area contributed by atoms with Crippen molar-refractivity contribution >= 4 is 29.0 Å². The number of ketones is 1. The summed E-state index contributed by atoms with van der Waals surface area (Å²) in [6.45, 7) is 3.20. The molecule has 2 N–H and O–H groups in total. The molecule has 0 heterocycles. The first kappa shape index (κ1) is 20.8. The van der Waals surface area contributed by atoms with E-state index in [4.69, 9.17) is 4.74 Å². The second kappa shape index (κ2) is 9.52. The summed E-state index contributed by atoms with van der Waals surface area (Å²) < 4.78 is 5.46. The second-order valence-electron chi connectivity index (χ2n) is 6.79. The zero-order valence-electron chi connectivity index (χ0n) is 16.8. The van der Waals surface area contributed by atoms with E-state index in [-0.39, 0.29) is 18.3 Å². The molecule has 6 nitrogen and oxygen atoms in total. The van der Waals surface area contributed by atoms with Gasteiger partial charge >= 0.3 is 0 Å². The molecule has 0 aliphatic heterocycles. The average Bonchev–Trinajstić information content (AvgIpc) is 2.73. The lowest BCUT2D eigenvalue weighted by Gasteiger charge is -2.12. The number of amides is 2. The summed E-state index contributed by atoms with van der Waals surface area (Å²) in [5.41, 5.74) is 3.02. The van der Waals surface area contributed by atoms with Crippen LogP contribution in [0.3, 0.4) is 0 Å². The number of Topliss-reactive ketones (excluding diaryl/α,β-unsaturated/α-hetero) is 1. The van der Waals surface area contributed by atoms with Crippen LogP contribution in [0.1, 0.15) is 33.2 Å². The molecule has 0 aliphatic rings. The Balaban J connectivity index is 1.63. The predicted octanol–water partition coefficient (Wildman–Crippen LogP) is 4.47. The quantitative estimate of drug-likeness (QED) is 0.571. The maximum atomic E-state index is 12.7. The van der Waals surface area contributed by atoms with E-state index in [0.717, 1.165) is 5.56 Å². The molecule has 0 saturated carbocycles. The smallest absolute Gasteiger partial charge is 0.262 e. The number of para-hydroxylation sites is 1. The molecule has 2 amide bonds.